The Morgan fingerprint density at radius 3 is 2.75 bits per heavy atom. The summed E-state index contributed by atoms with van der Waals surface area (Å²) in [6.45, 7) is 1.81. The summed E-state index contributed by atoms with van der Waals surface area (Å²) in [7, 11) is 0. The maximum Gasteiger partial charge on any atom is 0.261 e. The average molecular weight is 342 g/mol. The molecule has 0 saturated heterocycles. The van der Waals surface area contributed by atoms with Crippen LogP contribution in [0, 0.1) is 0 Å². The maximum absolute atomic E-state index is 12.5. The first-order valence-corrected chi connectivity index (χ1v) is 7.91. The number of fused-ring (bicyclic) bond motifs is 1. The highest BCUT2D eigenvalue weighted by atomic mass is 35.5. The van der Waals surface area contributed by atoms with Gasteiger partial charge in [0.15, 0.2) is 0 Å². The largest absolute Gasteiger partial charge is 0.348 e. The molecule has 0 aliphatic rings. The predicted molar refractivity (Wildman–Crippen MR) is 94.0 cm³/mol. The third-order valence-electron chi connectivity index (χ3n) is 3.78. The summed E-state index contributed by atoms with van der Waals surface area (Å²) in [5.41, 5.74) is 1.27. The molecule has 1 heterocycles. The van der Waals surface area contributed by atoms with Gasteiger partial charge >= 0.3 is 0 Å². The Kier molecular flexibility index (Phi) is 4.62. The van der Waals surface area contributed by atoms with Gasteiger partial charge in [-0.05, 0) is 30.7 Å². The van der Waals surface area contributed by atoms with Crippen LogP contribution >= 0.6 is 11.6 Å². The molecule has 5 nitrogen and oxygen atoms in total. The minimum atomic E-state index is -0.287. The van der Waals surface area contributed by atoms with E-state index in [4.69, 9.17) is 11.6 Å². The molecule has 24 heavy (non-hydrogen) atoms. The minimum Gasteiger partial charge on any atom is -0.348 e. The van der Waals surface area contributed by atoms with Gasteiger partial charge in [0.2, 0.25) is 5.91 Å². The third-order valence-corrected chi connectivity index (χ3v) is 4.01. The van der Waals surface area contributed by atoms with Crippen LogP contribution in [0.15, 0.2) is 59.7 Å². The summed E-state index contributed by atoms with van der Waals surface area (Å²) in [6, 6.07) is 14.4. The fourth-order valence-electron chi connectivity index (χ4n) is 2.51. The first kappa shape index (κ1) is 16.2. The lowest BCUT2D eigenvalue weighted by molar-refractivity contribution is -0.122. The van der Waals surface area contributed by atoms with E-state index in [2.05, 4.69) is 10.3 Å². The van der Waals surface area contributed by atoms with E-state index in [9.17, 15) is 9.59 Å². The molecule has 3 aromatic rings. The Balaban J connectivity index is 1.78. The topological polar surface area (TPSA) is 64.0 Å². The van der Waals surface area contributed by atoms with E-state index < -0.39 is 0 Å². The zero-order valence-corrected chi connectivity index (χ0v) is 13.8. The number of hydrogen-bond acceptors (Lipinski definition) is 3. The molecule has 0 fully saturated rings. The summed E-state index contributed by atoms with van der Waals surface area (Å²) in [4.78, 5) is 28.9. The summed E-state index contributed by atoms with van der Waals surface area (Å²) < 4.78 is 1.28. The molecule has 0 aliphatic carbocycles. The van der Waals surface area contributed by atoms with Crippen LogP contribution in [0.2, 0.25) is 5.02 Å². The molecule has 6 heteroatoms. The monoisotopic (exact) mass is 341 g/mol. The highest BCUT2D eigenvalue weighted by molar-refractivity contribution is 6.31. The van der Waals surface area contributed by atoms with Crippen LogP contribution in [0.25, 0.3) is 10.9 Å². The second-order valence-electron chi connectivity index (χ2n) is 5.54. The molecule has 1 aromatic heterocycles. The van der Waals surface area contributed by atoms with Gasteiger partial charge in [-0.1, -0.05) is 41.9 Å². The molecule has 0 aliphatic heterocycles. The SMILES string of the molecule is CC(NC(=O)Cn1cnc2ccc(Cl)cc2c1=O)c1ccccc1. The van der Waals surface area contributed by atoms with E-state index in [0.717, 1.165) is 5.56 Å². The number of halogens is 1. The van der Waals surface area contributed by atoms with Crippen molar-refractivity contribution in [1.82, 2.24) is 14.9 Å². The van der Waals surface area contributed by atoms with Crippen LogP contribution in [0.5, 0.6) is 0 Å². The fourth-order valence-corrected chi connectivity index (χ4v) is 2.68. The standard InChI is InChI=1S/C18H16ClN3O2/c1-12(13-5-3-2-4-6-13)21-17(23)10-22-11-20-16-8-7-14(19)9-15(16)18(22)24/h2-9,11-12H,10H2,1H3,(H,21,23). The van der Waals surface area contributed by atoms with Crippen LogP contribution in [-0.4, -0.2) is 15.5 Å². The van der Waals surface area contributed by atoms with Crippen LogP contribution in [0.3, 0.4) is 0 Å². The van der Waals surface area contributed by atoms with Crippen molar-refractivity contribution in [1.29, 1.82) is 0 Å². The Hall–Kier alpha value is -2.66. The lowest BCUT2D eigenvalue weighted by Crippen LogP contribution is -2.33. The second-order valence-corrected chi connectivity index (χ2v) is 5.98. The molecule has 0 radical (unpaired) electrons. The molecule has 1 unspecified atom stereocenters. The Bertz CT molecular complexity index is 938. The molecule has 2 aromatic carbocycles. The number of carbonyl (C=O) groups is 1. The van der Waals surface area contributed by atoms with Crippen molar-refractivity contribution in [2.24, 2.45) is 0 Å². The molecular formula is C18H16ClN3O2. The predicted octanol–water partition coefficient (Wildman–Crippen LogP) is 2.93. The fraction of sp³-hybridized carbons (Fsp3) is 0.167. The minimum absolute atomic E-state index is 0.0918. The average Bonchev–Trinajstić information content (AvgIpc) is 2.58. The number of amides is 1. The highest BCUT2D eigenvalue weighted by Crippen LogP contribution is 2.14. The Morgan fingerprint density at radius 1 is 1.25 bits per heavy atom. The van der Waals surface area contributed by atoms with E-state index in [1.807, 2.05) is 37.3 Å². The van der Waals surface area contributed by atoms with Gasteiger partial charge in [0, 0.05) is 5.02 Å². The number of aromatic nitrogens is 2. The quantitative estimate of drug-likeness (QED) is 0.793. The number of rotatable bonds is 4. The maximum atomic E-state index is 12.5. The van der Waals surface area contributed by atoms with Crippen molar-refractivity contribution in [3.05, 3.63) is 75.8 Å². The number of nitrogens with one attached hydrogen (secondary N) is 1. The van der Waals surface area contributed by atoms with Crippen molar-refractivity contribution in [3.63, 3.8) is 0 Å². The first-order valence-electron chi connectivity index (χ1n) is 7.53. The molecule has 3 rings (SSSR count). The Labute approximate surface area is 143 Å². The molecule has 1 amide bonds. The van der Waals surface area contributed by atoms with E-state index in [1.165, 1.54) is 10.9 Å². The summed E-state index contributed by atoms with van der Waals surface area (Å²) in [6.07, 6.45) is 1.38. The summed E-state index contributed by atoms with van der Waals surface area (Å²) in [5.74, 6) is -0.253. The van der Waals surface area contributed by atoms with Crippen molar-refractivity contribution >= 4 is 28.4 Å². The number of carbonyl (C=O) groups excluding carboxylic acids is 1. The lowest BCUT2D eigenvalue weighted by Gasteiger charge is -2.15. The van der Waals surface area contributed by atoms with Gasteiger partial charge in [-0.15, -0.1) is 0 Å². The molecular weight excluding hydrogens is 326 g/mol. The van der Waals surface area contributed by atoms with E-state index in [-0.39, 0.29) is 24.1 Å². The van der Waals surface area contributed by atoms with Gasteiger partial charge < -0.3 is 5.32 Å². The van der Waals surface area contributed by atoms with Crippen LogP contribution < -0.4 is 10.9 Å². The Morgan fingerprint density at radius 2 is 2.00 bits per heavy atom. The van der Waals surface area contributed by atoms with Gasteiger partial charge in [-0.25, -0.2) is 4.98 Å². The van der Waals surface area contributed by atoms with Crippen LogP contribution in [0.4, 0.5) is 0 Å². The van der Waals surface area contributed by atoms with Gasteiger partial charge in [-0.3, -0.25) is 14.2 Å². The highest BCUT2D eigenvalue weighted by Gasteiger charge is 2.12. The van der Waals surface area contributed by atoms with Crippen LogP contribution in [-0.2, 0) is 11.3 Å². The molecule has 1 N–H and O–H groups in total. The van der Waals surface area contributed by atoms with Crippen molar-refractivity contribution in [2.75, 3.05) is 0 Å². The number of hydrogen-bond donors (Lipinski definition) is 1. The molecule has 122 valence electrons. The molecule has 0 bridgehead atoms. The molecule has 0 saturated carbocycles. The van der Waals surface area contributed by atoms with Crippen molar-refractivity contribution in [3.8, 4) is 0 Å². The second kappa shape index (κ2) is 6.84. The molecule has 1 atom stereocenters. The smallest absolute Gasteiger partial charge is 0.261 e. The van der Waals surface area contributed by atoms with Gasteiger partial charge in [0.25, 0.3) is 5.56 Å². The third kappa shape index (κ3) is 3.46. The van der Waals surface area contributed by atoms with E-state index >= 15 is 0 Å². The van der Waals surface area contributed by atoms with Gasteiger partial charge in [0.1, 0.15) is 6.54 Å². The van der Waals surface area contributed by atoms with E-state index in [1.54, 1.807) is 18.2 Å². The van der Waals surface area contributed by atoms with Gasteiger partial charge in [-0.2, -0.15) is 0 Å². The van der Waals surface area contributed by atoms with Crippen molar-refractivity contribution in [2.45, 2.75) is 19.5 Å². The lowest BCUT2D eigenvalue weighted by atomic mass is 10.1. The number of benzene rings is 2. The zero-order chi connectivity index (χ0) is 17.1. The zero-order valence-electron chi connectivity index (χ0n) is 13.1. The summed E-state index contributed by atoms with van der Waals surface area (Å²) >= 11 is 5.93. The normalized spacial score (nSPS) is 12.1. The van der Waals surface area contributed by atoms with E-state index in [0.29, 0.717) is 15.9 Å². The van der Waals surface area contributed by atoms with Crippen molar-refractivity contribution < 1.29 is 4.79 Å². The van der Waals surface area contributed by atoms with Gasteiger partial charge in [0.05, 0.1) is 23.3 Å². The summed E-state index contributed by atoms with van der Waals surface area (Å²) in [5, 5.41) is 3.74. The molecule has 0 spiro atoms. The van der Waals surface area contributed by atoms with Crippen LogP contribution in [0.1, 0.15) is 18.5 Å². The first-order chi connectivity index (χ1) is 11.5. The number of nitrogens with zero attached hydrogens (tertiary/aromatic N) is 2.